The Hall–Kier alpha value is -0.594. The van der Waals surface area contributed by atoms with E-state index in [4.69, 9.17) is 69.8 Å². The van der Waals surface area contributed by atoms with Crippen LogP contribution in [0.4, 0.5) is 0 Å². The number of halogens is 2. The van der Waals surface area contributed by atoms with Gasteiger partial charge in [0.15, 0.2) is 0 Å². The molecule has 0 aliphatic rings. The quantitative estimate of drug-likeness (QED) is 0.196. The van der Waals surface area contributed by atoms with Gasteiger partial charge in [0.25, 0.3) is 0 Å². The molecular weight excluding hydrogens is 500 g/mol. The molecule has 0 amide bonds. The van der Waals surface area contributed by atoms with Crippen LogP contribution in [0.1, 0.15) is 54.4 Å². The Morgan fingerprint density at radius 2 is 0.900 bits per heavy atom. The zero-order valence-corrected chi connectivity index (χ0v) is 19.8. The van der Waals surface area contributed by atoms with Crippen LogP contribution in [-0.2, 0) is 21.6 Å². The Labute approximate surface area is 190 Å². The normalized spacial score (nSPS) is 10.4. The van der Waals surface area contributed by atoms with Crippen LogP contribution in [0.3, 0.4) is 0 Å². The minimum Gasteiger partial charge on any atom is -0.724 e. The van der Waals surface area contributed by atoms with Crippen molar-refractivity contribution in [1.82, 2.24) is 0 Å². The second kappa shape index (κ2) is 20.3. The van der Waals surface area contributed by atoms with Gasteiger partial charge in [0.1, 0.15) is 0 Å². The van der Waals surface area contributed by atoms with E-state index in [1.807, 2.05) is 27.7 Å². The second-order valence-corrected chi connectivity index (χ2v) is 8.25. The van der Waals surface area contributed by atoms with E-state index < -0.39 is 20.5 Å². The molecule has 0 rings (SSSR count). The number of rotatable bonds is 4. The minimum absolute atomic E-state index is 0. The predicted octanol–water partition coefficient (Wildman–Crippen LogP) is -7.32. The summed E-state index contributed by atoms with van der Waals surface area (Å²) in [6.07, 6.45) is 1.87. The van der Waals surface area contributed by atoms with Gasteiger partial charge in [0, 0.05) is 35.3 Å². The average Bonchev–Trinajstić information content (AvgIpc) is 2.16. The van der Waals surface area contributed by atoms with Crippen molar-refractivity contribution >= 4 is 17.5 Å². The Bertz CT molecular complexity index is 431. The molecule has 0 aliphatic heterocycles. The fourth-order valence-corrected chi connectivity index (χ4v) is 1.37. The number of nitrogens with two attached hydrogens (primary N) is 2. The molecule has 0 unspecified atom stereocenters. The summed E-state index contributed by atoms with van der Waals surface area (Å²) >= 11 is 0. The van der Waals surface area contributed by atoms with Crippen molar-refractivity contribution in [2.45, 2.75) is 65.5 Å². The molecule has 0 aromatic heterocycles. The summed E-state index contributed by atoms with van der Waals surface area (Å²) in [7, 11) is -9.89. The standard InChI is InChI=1S/2C6H14N2.CNO.2ClHO4.Co/c2*1-5(7)4-6(2,3)8;2-1-3;2*2-1(3,4)5;/h2*7H,4,8H2,1-3H3;;2*(H,2,3,4,5);/q;;-1;;;+3/p-2. The van der Waals surface area contributed by atoms with Gasteiger partial charge >= 0.3 is 16.8 Å². The molecule has 6 N–H and O–H groups in total. The molecule has 30 heavy (non-hydrogen) atoms. The third-order valence-corrected chi connectivity index (χ3v) is 1.44. The molecule has 0 spiro atoms. The summed E-state index contributed by atoms with van der Waals surface area (Å²) < 4.78 is 67.9. The van der Waals surface area contributed by atoms with Crippen LogP contribution in [0.25, 0.3) is 5.41 Å². The molecule has 0 saturated carbocycles. The van der Waals surface area contributed by atoms with Gasteiger partial charge in [-0.25, -0.2) is 37.3 Å². The van der Waals surface area contributed by atoms with E-state index in [1.54, 1.807) is 13.8 Å². The number of hydrogen-bond acceptors (Lipinski definition) is 13. The van der Waals surface area contributed by atoms with Crippen LogP contribution in [-0.4, -0.2) is 28.6 Å². The Kier molecular flexibility index (Phi) is 29.3. The first-order chi connectivity index (χ1) is 12.2. The van der Waals surface area contributed by atoms with Crippen molar-refractivity contribution in [3.05, 3.63) is 5.41 Å². The van der Waals surface area contributed by atoms with Gasteiger partial charge in [0.2, 0.25) is 0 Å². The molecule has 0 aromatic rings. The first kappa shape index (κ1) is 43.3. The van der Waals surface area contributed by atoms with E-state index in [9.17, 15) is 0 Å². The van der Waals surface area contributed by atoms with Crippen molar-refractivity contribution in [3.63, 3.8) is 0 Å². The molecule has 0 atom stereocenters. The van der Waals surface area contributed by atoms with Crippen LogP contribution in [0.2, 0.25) is 0 Å². The van der Waals surface area contributed by atoms with Gasteiger partial charge in [-0.15, -0.1) is 20.5 Å². The van der Waals surface area contributed by atoms with E-state index in [0.717, 1.165) is 0 Å². The Balaban J connectivity index is -0.0000000618. The maximum atomic E-state index is 8.49. The smallest absolute Gasteiger partial charge is 0.724 e. The van der Waals surface area contributed by atoms with Gasteiger partial charge < -0.3 is 27.7 Å². The Morgan fingerprint density at radius 3 is 0.900 bits per heavy atom. The number of hydrogen-bond donors (Lipinski definition) is 4. The summed E-state index contributed by atoms with van der Waals surface area (Å²) in [5, 5.41) is 20.9. The molecule has 17 heteroatoms. The van der Waals surface area contributed by atoms with E-state index in [-0.39, 0.29) is 27.9 Å². The van der Waals surface area contributed by atoms with Gasteiger partial charge in [-0.2, -0.15) is 0 Å². The van der Waals surface area contributed by atoms with Crippen LogP contribution in [0.5, 0.6) is 0 Å². The van der Waals surface area contributed by atoms with E-state index >= 15 is 0 Å². The molecular formula is C13H28Cl2CoN5O9. The first-order valence-electron chi connectivity index (χ1n) is 7.15. The largest absolute Gasteiger partial charge is 3.00 e. The third-order valence-electron chi connectivity index (χ3n) is 1.44. The monoisotopic (exact) mass is 527 g/mol. The summed E-state index contributed by atoms with van der Waals surface area (Å²) in [5.41, 5.74) is 12.1. The van der Waals surface area contributed by atoms with Gasteiger partial charge in [-0.3, -0.25) is 4.79 Å². The van der Waals surface area contributed by atoms with Gasteiger partial charge in [-0.05, 0) is 47.6 Å². The van der Waals surface area contributed by atoms with Crippen LogP contribution in [0.15, 0.2) is 0 Å². The number of isocyanates is 1. The first-order valence-corrected chi connectivity index (χ1v) is 9.62. The number of nitrogens with zero attached hydrogens (tertiary/aromatic N) is 1. The fraction of sp³-hybridized carbons (Fsp3) is 0.769. The summed E-state index contributed by atoms with van der Waals surface area (Å²) in [6.45, 7) is 11.2. The molecule has 0 saturated heterocycles. The number of nitrogens with one attached hydrogen (secondary N) is 2. The van der Waals surface area contributed by atoms with Gasteiger partial charge in [0.05, 0.1) is 0 Å². The van der Waals surface area contributed by atoms with Crippen molar-refractivity contribution in [2.24, 2.45) is 11.5 Å². The minimum atomic E-state index is -4.94. The average molecular weight is 528 g/mol. The summed E-state index contributed by atoms with van der Waals surface area (Å²) in [5.74, 6) is 0. The molecule has 0 aromatic carbocycles. The van der Waals surface area contributed by atoms with Gasteiger partial charge in [-0.1, -0.05) is 0 Å². The zero-order chi connectivity index (χ0) is 25.3. The molecule has 0 bridgehead atoms. The SMILES string of the molecule is CC(=N)CC(C)(C)N.CC(=N)CC(C)(C)N.[Co+3].[N-]=C=O.[O-][Cl+3]([O-])([O-])[O-].[O-][Cl+3]([O-])([O-])[O-]. The fourth-order valence-electron chi connectivity index (χ4n) is 1.37. The molecule has 0 fully saturated rings. The summed E-state index contributed by atoms with van der Waals surface area (Å²) in [4.78, 5) is 8.24. The maximum Gasteiger partial charge on any atom is 3.00 e. The van der Waals surface area contributed by atoms with Crippen molar-refractivity contribution in [2.75, 3.05) is 0 Å². The third kappa shape index (κ3) is 216. The maximum absolute atomic E-state index is 8.49. The van der Waals surface area contributed by atoms with Crippen LogP contribution < -0.4 is 48.7 Å². The van der Waals surface area contributed by atoms with E-state index in [2.05, 4.69) is 0 Å². The Morgan fingerprint density at radius 1 is 0.800 bits per heavy atom. The molecule has 0 radical (unpaired) electrons. The second-order valence-electron chi connectivity index (χ2n) is 6.74. The van der Waals surface area contributed by atoms with E-state index in [1.165, 1.54) is 0 Å². The molecule has 0 aliphatic carbocycles. The van der Waals surface area contributed by atoms with Crippen molar-refractivity contribution < 1.29 is 79.3 Å². The van der Waals surface area contributed by atoms with Crippen LogP contribution in [0, 0.1) is 31.3 Å². The molecule has 0 heterocycles. The number of carbonyl (C=O) groups excluding carboxylic acids is 1. The predicted molar refractivity (Wildman–Crippen MR) is 81.6 cm³/mol. The summed E-state index contributed by atoms with van der Waals surface area (Å²) in [6, 6.07) is 0. The van der Waals surface area contributed by atoms with Crippen molar-refractivity contribution in [3.8, 4) is 0 Å². The molecule has 182 valence electrons. The molecule has 14 nitrogen and oxygen atoms in total. The van der Waals surface area contributed by atoms with E-state index in [0.29, 0.717) is 30.3 Å². The topological polar surface area (TPSA) is 324 Å². The zero-order valence-electron chi connectivity index (χ0n) is 17.3. The van der Waals surface area contributed by atoms with Crippen molar-refractivity contribution in [1.29, 1.82) is 10.8 Å². The van der Waals surface area contributed by atoms with Crippen LogP contribution >= 0.6 is 0 Å².